The lowest BCUT2D eigenvalue weighted by Crippen LogP contribution is -2.08. The average molecular weight is 266 g/mol. The zero-order valence-corrected chi connectivity index (χ0v) is 10.9. The Morgan fingerprint density at radius 2 is 2.21 bits per heavy atom. The van der Waals surface area contributed by atoms with Gasteiger partial charge in [0.25, 0.3) is 5.69 Å². The van der Waals surface area contributed by atoms with Gasteiger partial charge in [-0.1, -0.05) is 6.92 Å². The molecule has 0 aliphatic heterocycles. The molecule has 0 heterocycles. The second kappa shape index (κ2) is 8.20. The van der Waals surface area contributed by atoms with Gasteiger partial charge in [0.2, 0.25) is 0 Å². The van der Waals surface area contributed by atoms with Crippen LogP contribution in [-0.2, 0) is 4.74 Å². The summed E-state index contributed by atoms with van der Waals surface area (Å²) in [4.78, 5) is 21.0. The number of anilines is 1. The highest BCUT2D eigenvalue weighted by atomic mass is 16.6. The predicted molar refractivity (Wildman–Crippen MR) is 72.7 cm³/mol. The average Bonchev–Trinajstić information content (AvgIpc) is 2.42. The van der Waals surface area contributed by atoms with E-state index in [9.17, 15) is 14.9 Å². The van der Waals surface area contributed by atoms with Crippen LogP contribution in [-0.4, -0.2) is 31.0 Å². The van der Waals surface area contributed by atoms with Crippen molar-refractivity contribution < 1.29 is 14.5 Å². The molecule has 0 unspecified atom stereocenters. The summed E-state index contributed by atoms with van der Waals surface area (Å²) >= 11 is 0. The lowest BCUT2D eigenvalue weighted by molar-refractivity contribution is -0.384. The second-order valence-corrected chi connectivity index (χ2v) is 4.04. The van der Waals surface area contributed by atoms with Crippen LogP contribution in [0.2, 0.25) is 0 Å². The van der Waals surface area contributed by atoms with Crippen molar-refractivity contribution in [3.8, 4) is 0 Å². The molecule has 0 saturated heterocycles. The lowest BCUT2D eigenvalue weighted by atomic mass is 10.2. The summed E-state index contributed by atoms with van der Waals surface area (Å²) in [5, 5.41) is 13.9. The van der Waals surface area contributed by atoms with E-state index in [0.29, 0.717) is 30.7 Å². The number of nitro groups is 1. The van der Waals surface area contributed by atoms with Crippen molar-refractivity contribution in [3.05, 3.63) is 33.9 Å². The van der Waals surface area contributed by atoms with Crippen LogP contribution in [0.3, 0.4) is 0 Å². The molecule has 19 heavy (non-hydrogen) atoms. The Hall–Kier alpha value is -1.95. The van der Waals surface area contributed by atoms with Crippen molar-refractivity contribution in [3.63, 3.8) is 0 Å². The number of hydrogen-bond acceptors (Lipinski definition) is 5. The van der Waals surface area contributed by atoms with Crippen molar-refractivity contribution in [1.29, 1.82) is 0 Å². The fourth-order valence-corrected chi connectivity index (χ4v) is 1.57. The number of rotatable bonds is 9. The summed E-state index contributed by atoms with van der Waals surface area (Å²) in [7, 11) is 0. The van der Waals surface area contributed by atoms with Crippen molar-refractivity contribution in [2.45, 2.75) is 19.8 Å². The topological polar surface area (TPSA) is 81.5 Å². The highest BCUT2D eigenvalue weighted by molar-refractivity contribution is 5.79. The maximum Gasteiger partial charge on any atom is 0.293 e. The Balaban J connectivity index is 2.53. The Labute approximate surface area is 111 Å². The first-order valence-corrected chi connectivity index (χ1v) is 6.24. The second-order valence-electron chi connectivity index (χ2n) is 4.04. The third kappa shape index (κ3) is 5.05. The molecule has 104 valence electrons. The largest absolute Gasteiger partial charge is 0.381 e. The molecular formula is C13H18N2O4. The molecule has 0 amide bonds. The molecule has 1 aromatic carbocycles. The standard InChI is InChI=1S/C13H18N2O4/c1-2-7-19-8-3-6-14-12-5-4-11(10-16)9-13(12)15(17)18/h4-5,9-10,14H,2-3,6-8H2,1H3. The SMILES string of the molecule is CCCOCCCNc1ccc(C=O)cc1[N+](=O)[O-]. The molecule has 0 aliphatic carbocycles. The Bertz CT molecular complexity index is 435. The molecule has 0 aliphatic rings. The molecule has 0 atom stereocenters. The van der Waals surface area contributed by atoms with Crippen LogP contribution in [0.15, 0.2) is 18.2 Å². The van der Waals surface area contributed by atoms with Gasteiger partial charge in [-0.15, -0.1) is 0 Å². The maximum atomic E-state index is 10.9. The molecule has 6 nitrogen and oxygen atoms in total. The molecule has 0 bridgehead atoms. The van der Waals surface area contributed by atoms with Crippen LogP contribution >= 0.6 is 0 Å². The number of nitrogens with zero attached hydrogens (tertiary/aromatic N) is 1. The van der Waals surface area contributed by atoms with E-state index in [0.717, 1.165) is 19.4 Å². The minimum absolute atomic E-state index is 0.0842. The van der Waals surface area contributed by atoms with Crippen LogP contribution in [0.5, 0.6) is 0 Å². The third-order valence-corrected chi connectivity index (χ3v) is 2.48. The first-order chi connectivity index (χ1) is 9.19. The molecule has 0 radical (unpaired) electrons. The number of nitro benzene ring substituents is 1. The normalized spacial score (nSPS) is 10.2. The van der Waals surface area contributed by atoms with Crippen LogP contribution in [0.4, 0.5) is 11.4 Å². The number of aldehydes is 1. The molecule has 0 spiro atoms. The fraction of sp³-hybridized carbons (Fsp3) is 0.462. The van der Waals surface area contributed by atoms with E-state index in [2.05, 4.69) is 5.32 Å². The smallest absolute Gasteiger partial charge is 0.293 e. The quantitative estimate of drug-likeness (QED) is 0.321. The monoisotopic (exact) mass is 266 g/mol. The summed E-state index contributed by atoms with van der Waals surface area (Å²) in [6.45, 7) is 3.98. The molecular weight excluding hydrogens is 248 g/mol. The van der Waals surface area contributed by atoms with E-state index in [1.807, 2.05) is 6.92 Å². The number of carbonyl (C=O) groups is 1. The number of benzene rings is 1. The molecule has 0 fully saturated rings. The van der Waals surface area contributed by atoms with Gasteiger partial charge in [-0.05, 0) is 25.0 Å². The Morgan fingerprint density at radius 1 is 1.42 bits per heavy atom. The fourth-order valence-electron chi connectivity index (χ4n) is 1.57. The first-order valence-electron chi connectivity index (χ1n) is 6.24. The van der Waals surface area contributed by atoms with Crippen LogP contribution in [0.1, 0.15) is 30.1 Å². The van der Waals surface area contributed by atoms with Crippen molar-refractivity contribution in [2.75, 3.05) is 25.1 Å². The van der Waals surface area contributed by atoms with Gasteiger partial charge >= 0.3 is 0 Å². The van der Waals surface area contributed by atoms with Gasteiger partial charge in [0, 0.05) is 31.4 Å². The van der Waals surface area contributed by atoms with Gasteiger partial charge in [0.1, 0.15) is 12.0 Å². The van der Waals surface area contributed by atoms with E-state index in [1.165, 1.54) is 6.07 Å². The predicted octanol–water partition coefficient (Wildman–Crippen LogP) is 2.64. The first kappa shape index (κ1) is 15.1. The molecule has 0 saturated carbocycles. The molecule has 1 aromatic rings. The zero-order chi connectivity index (χ0) is 14.1. The van der Waals surface area contributed by atoms with E-state index in [4.69, 9.17) is 4.74 Å². The summed E-state index contributed by atoms with van der Waals surface area (Å²) in [5.41, 5.74) is 0.633. The van der Waals surface area contributed by atoms with Crippen molar-refractivity contribution in [2.24, 2.45) is 0 Å². The van der Waals surface area contributed by atoms with Gasteiger partial charge in [0.05, 0.1) is 4.92 Å². The van der Waals surface area contributed by atoms with E-state index < -0.39 is 4.92 Å². The van der Waals surface area contributed by atoms with Crippen LogP contribution < -0.4 is 5.32 Å². The van der Waals surface area contributed by atoms with Gasteiger partial charge in [-0.3, -0.25) is 14.9 Å². The summed E-state index contributed by atoms with van der Waals surface area (Å²) in [5.74, 6) is 0. The highest BCUT2D eigenvalue weighted by Crippen LogP contribution is 2.24. The van der Waals surface area contributed by atoms with Crippen molar-refractivity contribution >= 4 is 17.7 Å². The summed E-state index contributed by atoms with van der Waals surface area (Å²) in [6.07, 6.45) is 2.34. The molecule has 1 rings (SSSR count). The maximum absolute atomic E-state index is 10.9. The van der Waals surface area contributed by atoms with Gasteiger partial charge in [-0.25, -0.2) is 0 Å². The minimum atomic E-state index is -0.497. The lowest BCUT2D eigenvalue weighted by Gasteiger charge is -2.07. The van der Waals surface area contributed by atoms with Gasteiger partial charge in [0.15, 0.2) is 0 Å². The van der Waals surface area contributed by atoms with Crippen LogP contribution in [0.25, 0.3) is 0 Å². The van der Waals surface area contributed by atoms with Crippen LogP contribution in [0, 0.1) is 10.1 Å². The number of ether oxygens (including phenoxy) is 1. The highest BCUT2D eigenvalue weighted by Gasteiger charge is 2.13. The number of nitrogens with one attached hydrogen (secondary N) is 1. The summed E-state index contributed by atoms with van der Waals surface area (Å²) < 4.78 is 5.31. The Kier molecular flexibility index (Phi) is 6.52. The van der Waals surface area contributed by atoms with E-state index in [1.54, 1.807) is 12.1 Å². The van der Waals surface area contributed by atoms with Crippen molar-refractivity contribution in [1.82, 2.24) is 0 Å². The Morgan fingerprint density at radius 3 is 2.84 bits per heavy atom. The van der Waals surface area contributed by atoms with E-state index >= 15 is 0 Å². The van der Waals surface area contributed by atoms with Gasteiger partial charge < -0.3 is 10.1 Å². The summed E-state index contributed by atoms with van der Waals surface area (Å²) in [6, 6.07) is 4.37. The number of hydrogen-bond donors (Lipinski definition) is 1. The minimum Gasteiger partial charge on any atom is -0.381 e. The van der Waals surface area contributed by atoms with E-state index in [-0.39, 0.29) is 5.69 Å². The zero-order valence-electron chi connectivity index (χ0n) is 10.9. The number of carbonyl (C=O) groups excluding carboxylic acids is 1. The molecule has 6 heteroatoms. The molecule has 0 aromatic heterocycles. The van der Waals surface area contributed by atoms with Gasteiger partial charge in [-0.2, -0.15) is 0 Å². The molecule has 1 N–H and O–H groups in total. The third-order valence-electron chi connectivity index (χ3n) is 2.48.